The molecule has 1 aromatic heterocycles. The maximum Gasteiger partial charge on any atom is 0.359 e. The number of nitrogens with one attached hydrogen (secondary N) is 1. The van der Waals surface area contributed by atoms with E-state index in [0.29, 0.717) is 18.0 Å². The second-order valence-electron chi connectivity index (χ2n) is 4.14. The number of nitrogens with zero attached hydrogens (tertiary/aromatic N) is 2. The molecule has 0 aliphatic heterocycles. The number of esters is 1. The van der Waals surface area contributed by atoms with Crippen molar-refractivity contribution in [3.8, 4) is 5.75 Å². The fourth-order valence-corrected chi connectivity index (χ4v) is 1.65. The van der Waals surface area contributed by atoms with Crippen LogP contribution in [0.1, 0.15) is 17.4 Å². The highest BCUT2D eigenvalue weighted by molar-refractivity contribution is 5.95. The normalized spacial score (nSPS) is 9.86. The summed E-state index contributed by atoms with van der Waals surface area (Å²) in [5, 5.41) is 2.62. The number of rotatable bonds is 6. The molecule has 0 atom stereocenters. The average Bonchev–Trinajstić information content (AvgIpc) is 2.55. The van der Waals surface area contributed by atoms with E-state index in [2.05, 4.69) is 15.3 Å². The molecule has 0 fully saturated rings. The highest BCUT2D eigenvalue weighted by Gasteiger charge is 2.12. The van der Waals surface area contributed by atoms with Gasteiger partial charge in [0.05, 0.1) is 18.5 Å². The van der Waals surface area contributed by atoms with Gasteiger partial charge in [-0.05, 0) is 19.1 Å². The Morgan fingerprint density at radius 2 is 2.05 bits per heavy atom. The number of aromatic nitrogens is 2. The first-order chi connectivity index (χ1) is 10.7. The van der Waals surface area contributed by atoms with Crippen LogP contribution in [0.5, 0.6) is 5.75 Å². The minimum atomic E-state index is -0.707. The monoisotopic (exact) mass is 301 g/mol. The average molecular weight is 301 g/mol. The lowest BCUT2D eigenvalue weighted by Gasteiger charge is -2.11. The lowest BCUT2D eigenvalue weighted by Crippen LogP contribution is -2.21. The van der Waals surface area contributed by atoms with Crippen LogP contribution in [-0.2, 0) is 9.53 Å². The molecule has 1 heterocycles. The quantitative estimate of drug-likeness (QED) is 0.816. The van der Waals surface area contributed by atoms with Crippen molar-refractivity contribution in [2.75, 3.05) is 18.5 Å². The summed E-state index contributed by atoms with van der Waals surface area (Å²) >= 11 is 0. The summed E-state index contributed by atoms with van der Waals surface area (Å²) < 4.78 is 10.3. The Labute approximate surface area is 127 Å². The molecule has 7 heteroatoms. The molecule has 1 aromatic carbocycles. The number of amides is 1. The molecule has 0 saturated heterocycles. The van der Waals surface area contributed by atoms with Gasteiger partial charge in [0, 0.05) is 12.4 Å². The van der Waals surface area contributed by atoms with Crippen LogP contribution in [0.15, 0.2) is 42.9 Å². The number of benzene rings is 1. The minimum Gasteiger partial charge on any atom is -0.492 e. The van der Waals surface area contributed by atoms with E-state index in [-0.39, 0.29) is 5.69 Å². The van der Waals surface area contributed by atoms with Crippen LogP contribution in [0.2, 0.25) is 0 Å². The number of hydrogen-bond donors (Lipinski definition) is 1. The number of carbonyl (C=O) groups excluding carboxylic acids is 2. The molecule has 2 rings (SSSR count). The van der Waals surface area contributed by atoms with Crippen LogP contribution in [0.4, 0.5) is 5.69 Å². The Morgan fingerprint density at radius 3 is 2.77 bits per heavy atom. The predicted molar refractivity (Wildman–Crippen MR) is 78.6 cm³/mol. The molecule has 1 N–H and O–H groups in total. The van der Waals surface area contributed by atoms with Crippen molar-refractivity contribution in [2.24, 2.45) is 0 Å². The van der Waals surface area contributed by atoms with Crippen molar-refractivity contribution in [2.45, 2.75) is 6.92 Å². The maximum absolute atomic E-state index is 11.8. The van der Waals surface area contributed by atoms with Gasteiger partial charge in [-0.3, -0.25) is 9.78 Å². The Bertz CT molecular complexity index is 646. The highest BCUT2D eigenvalue weighted by atomic mass is 16.5. The van der Waals surface area contributed by atoms with Gasteiger partial charge in [-0.1, -0.05) is 12.1 Å². The smallest absolute Gasteiger partial charge is 0.359 e. The summed E-state index contributed by atoms with van der Waals surface area (Å²) in [6.45, 7) is 1.91. The SMILES string of the molecule is CCOc1ccccc1NC(=O)COC(=O)c1cnccn1. The number of anilines is 1. The third-order valence-corrected chi connectivity index (χ3v) is 2.57. The Kier molecular flexibility index (Phi) is 5.42. The molecule has 0 unspecified atom stereocenters. The van der Waals surface area contributed by atoms with Crippen LogP contribution in [0.3, 0.4) is 0 Å². The van der Waals surface area contributed by atoms with Crippen molar-refractivity contribution in [3.63, 3.8) is 0 Å². The molecule has 22 heavy (non-hydrogen) atoms. The van der Waals surface area contributed by atoms with E-state index in [4.69, 9.17) is 9.47 Å². The molecule has 0 saturated carbocycles. The van der Waals surface area contributed by atoms with E-state index in [1.165, 1.54) is 18.6 Å². The van der Waals surface area contributed by atoms with Gasteiger partial charge in [-0.15, -0.1) is 0 Å². The van der Waals surface area contributed by atoms with Crippen LogP contribution >= 0.6 is 0 Å². The van der Waals surface area contributed by atoms with Crippen molar-refractivity contribution < 1.29 is 19.1 Å². The Hall–Kier alpha value is -2.96. The van der Waals surface area contributed by atoms with Crippen molar-refractivity contribution in [3.05, 3.63) is 48.5 Å². The molecule has 0 bridgehead atoms. The zero-order valence-electron chi connectivity index (χ0n) is 12.0. The summed E-state index contributed by atoms with van der Waals surface area (Å²) in [7, 11) is 0. The molecule has 0 aliphatic carbocycles. The Balaban J connectivity index is 1.90. The standard InChI is InChI=1S/C15H15N3O4/c1-2-21-13-6-4-3-5-11(13)18-14(19)10-22-15(20)12-9-16-7-8-17-12/h3-9H,2,10H2,1H3,(H,18,19). The second kappa shape index (κ2) is 7.72. The minimum absolute atomic E-state index is 0.0463. The fraction of sp³-hybridized carbons (Fsp3) is 0.200. The lowest BCUT2D eigenvalue weighted by molar-refractivity contribution is -0.119. The first kappa shape index (κ1) is 15.4. The van der Waals surface area contributed by atoms with Crippen LogP contribution < -0.4 is 10.1 Å². The number of hydrogen-bond acceptors (Lipinski definition) is 6. The zero-order valence-corrected chi connectivity index (χ0v) is 12.0. The van der Waals surface area contributed by atoms with Crippen LogP contribution in [-0.4, -0.2) is 35.1 Å². The van der Waals surface area contributed by atoms with E-state index < -0.39 is 18.5 Å². The van der Waals surface area contributed by atoms with Crippen LogP contribution in [0, 0.1) is 0 Å². The summed E-state index contributed by atoms with van der Waals surface area (Å²) in [4.78, 5) is 31.0. The summed E-state index contributed by atoms with van der Waals surface area (Å²) in [5.74, 6) is -0.621. The van der Waals surface area contributed by atoms with Gasteiger partial charge in [-0.2, -0.15) is 0 Å². The molecule has 0 spiro atoms. The molecule has 7 nitrogen and oxygen atoms in total. The first-order valence-electron chi connectivity index (χ1n) is 6.65. The third kappa shape index (κ3) is 4.27. The van der Waals surface area contributed by atoms with E-state index in [0.717, 1.165) is 0 Å². The number of carbonyl (C=O) groups is 2. The summed E-state index contributed by atoms with van der Waals surface area (Å²) in [5.41, 5.74) is 0.565. The maximum atomic E-state index is 11.8. The van der Waals surface area contributed by atoms with Crippen molar-refractivity contribution in [1.82, 2.24) is 9.97 Å². The predicted octanol–water partition coefficient (Wildman–Crippen LogP) is 1.67. The van der Waals surface area contributed by atoms with Gasteiger partial charge < -0.3 is 14.8 Å². The molecular formula is C15H15N3O4. The fourth-order valence-electron chi connectivity index (χ4n) is 1.65. The third-order valence-electron chi connectivity index (χ3n) is 2.57. The first-order valence-corrected chi connectivity index (χ1v) is 6.65. The Morgan fingerprint density at radius 1 is 1.23 bits per heavy atom. The van der Waals surface area contributed by atoms with E-state index >= 15 is 0 Å². The molecule has 0 radical (unpaired) electrons. The van der Waals surface area contributed by atoms with Gasteiger partial charge >= 0.3 is 5.97 Å². The zero-order chi connectivity index (χ0) is 15.8. The lowest BCUT2D eigenvalue weighted by atomic mass is 10.3. The molecule has 2 aromatic rings. The summed E-state index contributed by atoms with van der Waals surface area (Å²) in [6, 6.07) is 7.01. The van der Waals surface area contributed by atoms with E-state index in [1.54, 1.807) is 24.3 Å². The van der Waals surface area contributed by atoms with Gasteiger partial charge in [0.25, 0.3) is 5.91 Å². The van der Waals surface area contributed by atoms with E-state index in [1.807, 2.05) is 6.92 Å². The largest absolute Gasteiger partial charge is 0.492 e. The summed E-state index contributed by atoms with van der Waals surface area (Å²) in [6.07, 6.45) is 4.08. The number of ether oxygens (including phenoxy) is 2. The second-order valence-corrected chi connectivity index (χ2v) is 4.14. The topological polar surface area (TPSA) is 90.4 Å². The van der Waals surface area contributed by atoms with Crippen molar-refractivity contribution in [1.29, 1.82) is 0 Å². The van der Waals surface area contributed by atoms with Gasteiger partial charge in [-0.25, -0.2) is 9.78 Å². The molecule has 1 amide bonds. The van der Waals surface area contributed by atoms with Crippen molar-refractivity contribution >= 4 is 17.6 Å². The van der Waals surface area contributed by atoms with E-state index in [9.17, 15) is 9.59 Å². The molecular weight excluding hydrogens is 286 g/mol. The number of para-hydroxylation sites is 2. The molecule has 0 aliphatic rings. The van der Waals surface area contributed by atoms with Gasteiger partial charge in [0.15, 0.2) is 12.3 Å². The van der Waals surface area contributed by atoms with Gasteiger partial charge in [0.1, 0.15) is 5.75 Å². The molecule has 114 valence electrons. The van der Waals surface area contributed by atoms with Crippen LogP contribution in [0.25, 0.3) is 0 Å². The van der Waals surface area contributed by atoms with Gasteiger partial charge in [0.2, 0.25) is 0 Å². The highest BCUT2D eigenvalue weighted by Crippen LogP contribution is 2.23.